The van der Waals surface area contributed by atoms with Crippen LogP contribution in [0.2, 0.25) is 0 Å². The minimum absolute atomic E-state index is 0.0825. The molecule has 0 saturated carbocycles. The lowest BCUT2D eigenvalue weighted by molar-refractivity contribution is -0.185. The summed E-state index contributed by atoms with van der Waals surface area (Å²) in [4.78, 5) is 95.3. The fourth-order valence-corrected chi connectivity index (χ4v) is 6.31. The molecule has 0 aliphatic heterocycles. The molecule has 0 bridgehead atoms. The molecule has 0 spiro atoms. The van der Waals surface area contributed by atoms with Crippen LogP contribution in [-0.4, -0.2) is 198 Å². The number of carbonyl (C=O) groups is 7. The highest BCUT2D eigenvalue weighted by Crippen LogP contribution is 2.31. The van der Waals surface area contributed by atoms with E-state index in [1.807, 2.05) is 0 Å². The Hall–Kier alpha value is -4.03. The Morgan fingerprint density at radius 3 is 0.597 bits per heavy atom. The standard InChI is InChI=1S/C45H78O22/c1-17-61-25-42(5,24-59-15)36(50)67-31-45(8,30-66-35(49)41(4,22-57-13)23-58-14)38(52)63-27-43(6,32(46)60-16)26-62-37(51)44(7,28-64-33(47)39(2,18-53-9)19-54-10)29-65-34(48)40(3,20-55-11)21-56-12/h17-31H2,1-16H3. The van der Waals surface area contributed by atoms with E-state index in [1.165, 1.54) is 91.3 Å². The average molecular weight is 971 g/mol. The van der Waals surface area contributed by atoms with Gasteiger partial charge in [-0.3, -0.25) is 33.6 Å². The Bertz CT molecular complexity index is 1530. The number of esters is 7. The van der Waals surface area contributed by atoms with Gasteiger partial charge < -0.3 is 71.1 Å². The fraction of sp³-hybridized carbons (Fsp3) is 0.844. The molecule has 0 amide bonds. The Balaban J connectivity index is 6.88. The molecule has 22 heteroatoms. The van der Waals surface area contributed by atoms with Crippen LogP contribution < -0.4 is 0 Å². The molecule has 22 nitrogen and oxygen atoms in total. The molecule has 0 aromatic rings. The number of ether oxygens (including phenoxy) is 15. The SMILES string of the molecule is CCOCC(C)(COC)C(=O)OCC(C)(COC(=O)C(C)(COC)COC)C(=O)OCC(C)(COC(=O)C(C)(COC(=O)C(C)(COC)COC)COC(=O)C(C)(COC)COC)C(=O)OC. The van der Waals surface area contributed by atoms with Crippen LogP contribution in [0.3, 0.4) is 0 Å². The van der Waals surface area contributed by atoms with Gasteiger partial charge in [-0.05, 0) is 55.4 Å². The quantitative estimate of drug-likeness (QED) is 0.0643. The van der Waals surface area contributed by atoms with Crippen LogP contribution >= 0.6 is 0 Å². The van der Waals surface area contributed by atoms with E-state index in [9.17, 15) is 33.6 Å². The zero-order valence-corrected chi connectivity index (χ0v) is 42.6. The second-order valence-corrected chi connectivity index (χ2v) is 18.5. The zero-order valence-electron chi connectivity index (χ0n) is 42.6. The van der Waals surface area contributed by atoms with Crippen LogP contribution in [0, 0.1) is 37.9 Å². The molecule has 0 aliphatic rings. The molecule has 0 aromatic heterocycles. The van der Waals surface area contributed by atoms with Crippen molar-refractivity contribution in [1.82, 2.24) is 0 Å². The molecule has 0 N–H and O–H groups in total. The van der Waals surface area contributed by atoms with Crippen LogP contribution in [0.4, 0.5) is 0 Å². The number of hydrogen-bond donors (Lipinski definition) is 0. The summed E-state index contributed by atoms with van der Waals surface area (Å²) in [6, 6.07) is 0. The summed E-state index contributed by atoms with van der Waals surface area (Å²) in [7, 11) is 10.7. The van der Waals surface area contributed by atoms with E-state index >= 15 is 0 Å². The van der Waals surface area contributed by atoms with E-state index in [0.29, 0.717) is 0 Å². The summed E-state index contributed by atoms with van der Waals surface area (Å²) in [5.41, 5.74) is -11.0. The highest BCUT2D eigenvalue weighted by molar-refractivity contribution is 5.83. The van der Waals surface area contributed by atoms with Crippen LogP contribution in [0.5, 0.6) is 0 Å². The molecule has 67 heavy (non-hydrogen) atoms. The van der Waals surface area contributed by atoms with Gasteiger partial charge in [0.2, 0.25) is 0 Å². The number of carbonyl (C=O) groups excluding carboxylic acids is 7. The largest absolute Gasteiger partial charge is 0.468 e. The number of hydrogen-bond acceptors (Lipinski definition) is 22. The summed E-state index contributed by atoms with van der Waals surface area (Å²) < 4.78 is 80.8. The van der Waals surface area contributed by atoms with Crippen molar-refractivity contribution in [3.63, 3.8) is 0 Å². The first-order valence-corrected chi connectivity index (χ1v) is 21.4. The number of rotatable bonds is 36. The monoisotopic (exact) mass is 970 g/mol. The van der Waals surface area contributed by atoms with Crippen molar-refractivity contribution in [1.29, 1.82) is 0 Å². The molecule has 0 rings (SSSR count). The zero-order chi connectivity index (χ0) is 51.8. The fourth-order valence-electron chi connectivity index (χ4n) is 6.31. The summed E-state index contributed by atoms with van der Waals surface area (Å²) in [6.07, 6.45) is 0. The predicted molar refractivity (Wildman–Crippen MR) is 234 cm³/mol. The van der Waals surface area contributed by atoms with Gasteiger partial charge in [-0.2, -0.15) is 0 Å². The predicted octanol–water partition coefficient (Wildman–Crippen LogP) is 2.02. The summed E-state index contributed by atoms with van der Waals surface area (Å²) >= 11 is 0. The molecule has 0 aliphatic carbocycles. The second kappa shape index (κ2) is 29.1. The van der Waals surface area contributed by atoms with Gasteiger partial charge in [0.05, 0.1) is 60.0 Å². The Labute approximate surface area is 395 Å². The minimum Gasteiger partial charge on any atom is -0.468 e. The van der Waals surface area contributed by atoms with Crippen molar-refractivity contribution in [3.8, 4) is 0 Å². The lowest BCUT2D eigenvalue weighted by Gasteiger charge is -2.34. The topological polar surface area (TPSA) is 258 Å². The van der Waals surface area contributed by atoms with Crippen molar-refractivity contribution in [2.24, 2.45) is 37.9 Å². The van der Waals surface area contributed by atoms with Crippen molar-refractivity contribution in [3.05, 3.63) is 0 Å². The number of methoxy groups -OCH3 is 8. The van der Waals surface area contributed by atoms with Crippen LogP contribution in [0.1, 0.15) is 55.4 Å². The van der Waals surface area contributed by atoms with Crippen LogP contribution in [0.15, 0.2) is 0 Å². The highest BCUT2D eigenvalue weighted by Gasteiger charge is 2.48. The van der Waals surface area contributed by atoms with Crippen LogP contribution in [0.25, 0.3) is 0 Å². The second-order valence-electron chi connectivity index (χ2n) is 18.5. The maximum atomic E-state index is 14.1. The molecule has 3 atom stereocenters. The molecule has 0 aromatic carbocycles. The van der Waals surface area contributed by atoms with Crippen LogP contribution in [-0.2, 0) is 105 Å². The van der Waals surface area contributed by atoms with E-state index in [1.54, 1.807) is 13.8 Å². The third-order valence-electron chi connectivity index (χ3n) is 10.6. The molecule has 3 unspecified atom stereocenters. The molecule has 0 saturated heterocycles. The average Bonchev–Trinajstić information content (AvgIpc) is 3.28. The van der Waals surface area contributed by atoms with Gasteiger partial charge in [0.1, 0.15) is 77.5 Å². The minimum atomic E-state index is -1.92. The maximum Gasteiger partial charge on any atom is 0.318 e. The lowest BCUT2D eigenvalue weighted by atomic mass is 9.89. The van der Waals surface area contributed by atoms with Crippen molar-refractivity contribution < 1.29 is 105 Å². The molecular weight excluding hydrogens is 892 g/mol. The van der Waals surface area contributed by atoms with Gasteiger partial charge >= 0.3 is 41.8 Å². The summed E-state index contributed by atoms with van der Waals surface area (Å²) in [5.74, 6) is -6.41. The van der Waals surface area contributed by atoms with Gasteiger partial charge in [-0.1, -0.05) is 0 Å². The Kier molecular flexibility index (Phi) is 27.4. The third-order valence-corrected chi connectivity index (χ3v) is 10.6. The molecular formula is C45H78O22. The van der Waals surface area contributed by atoms with E-state index in [0.717, 1.165) is 7.11 Å². The van der Waals surface area contributed by atoms with Gasteiger partial charge in [-0.25, -0.2) is 0 Å². The van der Waals surface area contributed by atoms with Crippen molar-refractivity contribution in [2.45, 2.75) is 55.4 Å². The smallest absolute Gasteiger partial charge is 0.318 e. The molecule has 0 radical (unpaired) electrons. The van der Waals surface area contributed by atoms with E-state index in [2.05, 4.69) is 0 Å². The molecule has 390 valence electrons. The van der Waals surface area contributed by atoms with Gasteiger partial charge in [-0.15, -0.1) is 0 Å². The first-order valence-electron chi connectivity index (χ1n) is 21.4. The van der Waals surface area contributed by atoms with E-state index < -0.39 is 119 Å². The summed E-state index contributed by atoms with van der Waals surface area (Å²) in [6.45, 7) is 6.92. The third kappa shape index (κ3) is 18.8. The lowest BCUT2D eigenvalue weighted by Crippen LogP contribution is -2.48. The Morgan fingerprint density at radius 1 is 0.269 bits per heavy atom. The maximum absolute atomic E-state index is 14.1. The van der Waals surface area contributed by atoms with Gasteiger partial charge in [0.15, 0.2) is 0 Å². The van der Waals surface area contributed by atoms with E-state index in [4.69, 9.17) is 71.1 Å². The van der Waals surface area contributed by atoms with Crippen molar-refractivity contribution >= 4 is 41.8 Å². The normalized spacial score (nSPS) is 14.9. The van der Waals surface area contributed by atoms with Crippen molar-refractivity contribution in [2.75, 3.05) is 156 Å². The summed E-state index contributed by atoms with van der Waals surface area (Å²) in [5, 5.41) is 0. The molecule has 0 heterocycles. The first kappa shape index (κ1) is 63.0. The van der Waals surface area contributed by atoms with Gasteiger partial charge in [0, 0.05) is 56.4 Å². The molecule has 0 fully saturated rings. The van der Waals surface area contributed by atoms with Gasteiger partial charge in [0.25, 0.3) is 0 Å². The highest BCUT2D eigenvalue weighted by atomic mass is 16.6. The Morgan fingerprint density at radius 2 is 0.433 bits per heavy atom. The first-order chi connectivity index (χ1) is 31.2. The van der Waals surface area contributed by atoms with E-state index in [-0.39, 0.29) is 59.5 Å².